The average molecular weight is 314 g/mol. The minimum Gasteiger partial charge on any atom is -0.329 e. The molecular formula is C8H10BrClN2O2S. The van der Waals surface area contributed by atoms with E-state index >= 15 is 0 Å². The number of imidazole rings is 1. The van der Waals surface area contributed by atoms with Gasteiger partial charge in [-0.2, -0.15) is 0 Å². The molecule has 0 atom stereocenters. The van der Waals surface area contributed by atoms with Crippen LogP contribution in [0.3, 0.4) is 0 Å². The van der Waals surface area contributed by atoms with Crippen LogP contribution in [0, 0.1) is 0 Å². The molecule has 0 N–H and O–H groups in total. The smallest absolute Gasteiger partial charge is 0.280 e. The third-order valence-electron chi connectivity index (χ3n) is 1.75. The van der Waals surface area contributed by atoms with Gasteiger partial charge in [-0.25, -0.2) is 13.4 Å². The number of hydrogen-bond donors (Lipinski definition) is 0. The maximum absolute atomic E-state index is 11.1. The quantitative estimate of drug-likeness (QED) is 0.801. The second-order valence-corrected chi connectivity index (χ2v) is 6.57. The van der Waals surface area contributed by atoms with Crippen LogP contribution in [-0.2, 0) is 22.0 Å². The van der Waals surface area contributed by atoms with Crippen LogP contribution in [0.5, 0.6) is 0 Å². The zero-order valence-corrected chi connectivity index (χ0v) is 11.2. The molecule has 0 bridgehead atoms. The van der Waals surface area contributed by atoms with Gasteiger partial charge in [0.05, 0.1) is 6.54 Å². The lowest BCUT2D eigenvalue weighted by Gasteiger charge is -2.03. The minimum atomic E-state index is -3.76. The highest BCUT2D eigenvalue weighted by Crippen LogP contribution is 2.16. The normalized spacial score (nSPS) is 11.7. The van der Waals surface area contributed by atoms with E-state index in [9.17, 15) is 8.42 Å². The van der Waals surface area contributed by atoms with Crippen molar-refractivity contribution in [2.75, 3.05) is 0 Å². The Morgan fingerprint density at radius 1 is 1.73 bits per heavy atom. The van der Waals surface area contributed by atoms with Crippen LogP contribution < -0.4 is 0 Å². The molecule has 0 aliphatic heterocycles. The van der Waals surface area contributed by atoms with Crippen LogP contribution in [0.1, 0.15) is 12.7 Å². The number of aromatic nitrogens is 2. The highest BCUT2D eigenvalue weighted by atomic mass is 79.9. The molecule has 4 nitrogen and oxygen atoms in total. The Morgan fingerprint density at radius 3 is 2.73 bits per heavy atom. The molecule has 0 saturated heterocycles. The summed E-state index contributed by atoms with van der Waals surface area (Å²) in [5.74, 6) is 0.662. The van der Waals surface area contributed by atoms with E-state index in [-0.39, 0.29) is 5.03 Å². The summed E-state index contributed by atoms with van der Waals surface area (Å²) in [6, 6.07) is 0. The summed E-state index contributed by atoms with van der Waals surface area (Å²) in [7, 11) is 1.44. The number of nitrogens with zero attached hydrogens (tertiary/aromatic N) is 2. The predicted octanol–water partition coefficient (Wildman–Crippen LogP) is 2.28. The first-order valence-electron chi connectivity index (χ1n) is 4.18. The molecule has 0 aliphatic carbocycles. The first kappa shape index (κ1) is 12.7. The average Bonchev–Trinajstić information content (AvgIpc) is 2.45. The third-order valence-corrected chi connectivity index (χ3v) is 3.17. The van der Waals surface area contributed by atoms with Crippen LogP contribution >= 0.6 is 26.6 Å². The topological polar surface area (TPSA) is 52.0 Å². The van der Waals surface area contributed by atoms with Crippen molar-refractivity contribution >= 4 is 35.7 Å². The van der Waals surface area contributed by atoms with Gasteiger partial charge in [-0.3, -0.25) is 0 Å². The van der Waals surface area contributed by atoms with E-state index < -0.39 is 9.05 Å². The summed E-state index contributed by atoms with van der Waals surface area (Å²) < 4.78 is 24.6. The van der Waals surface area contributed by atoms with Crippen LogP contribution in [-0.4, -0.2) is 18.0 Å². The van der Waals surface area contributed by atoms with Crippen LogP contribution in [0.15, 0.2) is 22.3 Å². The molecule has 84 valence electrons. The van der Waals surface area contributed by atoms with Crippen LogP contribution in [0.25, 0.3) is 0 Å². The fourth-order valence-electron chi connectivity index (χ4n) is 1.15. The van der Waals surface area contributed by atoms with Gasteiger partial charge in [0.25, 0.3) is 9.05 Å². The van der Waals surface area contributed by atoms with E-state index in [0.29, 0.717) is 18.8 Å². The summed E-state index contributed by atoms with van der Waals surface area (Å²) >= 11 is 3.21. The van der Waals surface area contributed by atoms with Crippen molar-refractivity contribution in [1.82, 2.24) is 9.55 Å². The molecule has 0 aliphatic rings. The molecule has 0 radical (unpaired) electrons. The molecule has 0 saturated carbocycles. The summed E-state index contributed by atoms with van der Waals surface area (Å²) in [5, 5.41) is -0.116. The lowest BCUT2D eigenvalue weighted by atomic mass is 10.4. The van der Waals surface area contributed by atoms with E-state index in [0.717, 1.165) is 4.48 Å². The molecule has 7 heteroatoms. The van der Waals surface area contributed by atoms with Crippen molar-refractivity contribution in [3.8, 4) is 0 Å². The Labute approximate surface area is 102 Å². The van der Waals surface area contributed by atoms with Gasteiger partial charge in [-0.1, -0.05) is 29.4 Å². The Hall–Kier alpha value is -0.330. The molecule has 0 amide bonds. The maximum atomic E-state index is 11.1. The third kappa shape index (κ3) is 3.32. The van der Waals surface area contributed by atoms with Crippen molar-refractivity contribution in [1.29, 1.82) is 0 Å². The molecule has 1 heterocycles. The van der Waals surface area contributed by atoms with Crippen molar-refractivity contribution in [3.05, 3.63) is 23.1 Å². The van der Waals surface area contributed by atoms with Gasteiger partial charge >= 0.3 is 0 Å². The van der Waals surface area contributed by atoms with Crippen molar-refractivity contribution in [2.45, 2.75) is 24.9 Å². The monoisotopic (exact) mass is 312 g/mol. The molecule has 0 spiro atoms. The molecule has 1 rings (SSSR count). The molecule has 0 aromatic carbocycles. The standard InChI is InChI=1S/C8H10BrClN2O2S/c1-3-7-11-8(15(10,13)14)5-12(7)4-6(2)9/h5H,2-4H2,1H3. The Kier molecular flexibility index (Phi) is 3.97. The fraction of sp³-hybridized carbons (Fsp3) is 0.375. The molecule has 1 aromatic heterocycles. The molecular weight excluding hydrogens is 304 g/mol. The van der Waals surface area contributed by atoms with E-state index in [1.54, 1.807) is 4.57 Å². The van der Waals surface area contributed by atoms with Crippen molar-refractivity contribution in [3.63, 3.8) is 0 Å². The summed E-state index contributed by atoms with van der Waals surface area (Å²) in [5.41, 5.74) is 0. The van der Waals surface area contributed by atoms with Gasteiger partial charge in [-0.05, 0) is 0 Å². The number of halogens is 2. The Morgan fingerprint density at radius 2 is 2.33 bits per heavy atom. The summed E-state index contributed by atoms with van der Waals surface area (Å²) in [6.07, 6.45) is 2.04. The van der Waals surface area contributed by atoms with Crippen molar-refractivity contribution < 1.29 is 8.42 Å². The van der Waals surface area contributed by atoms with E-state index in [1.807, 2.05) is 6.92 Å². The van der Waals surface area contributed by atoms with Gasteiger partial charge < -0.3 is 4.57 Å². The Balaban J connectivity index is 3.17. The first-order valence-corrected chi connectivity index (χ1v) is 7.28. The zero-order valence-electron chi connectivity index (χ0n) is 8.07. The summed E-state index contributed by atoms with van der Waals surface area (Å²) in [6.45, 7) is 6.05. The van der Waals surface area contributed by atoms with Gasteiger partial charge in [-0.15, -0.1) is 0 Å². The lowest BCUT2D eigenvalue weighted by Crippen LogP contribution is -2.01. The zero-order chi connectivity index (χ0) is 11.6. The van der Waals surface area contributed by atoms with E-state index in [1.165, 1.54) is 6.20 Å². The maximum Gasteiger partial charge on any atom is 0.280 e. The minimum absolute atomic E-state index is 0.116. The largest absolute Gasteiger partial charge is 0.329 e. The number of allylic oxidation sites excluding steroid dienone is 1. The molecule has 1 aromatic rings. The van der Waals surface area contributed by atoms with E-state index in [2.05, 4.69) is 27.5 Å². The van der Waals surface area contributed by atoms with E-state index in [4.69, 9.17) is 10.7 Å². The van der Waals surface area contributed by atoms with Gasteiger partial charge in [0.2, 0.25) is 0 Å². The number of aryl methyl sites for hydroxylation is 1. The summed E-state index contributed by atoms with van der Waals surface area (Å²) in [4.78, 5) is 3.93. The van der Waals surface area contributed by atoms with Crippen LogP contribution in [0.4, 0.5) is 0 Å². The fourth-order valence-corrected chi connectivity index (χ4v) is 2.11. The van der Waals surface area contributed by atoms with Gasteiger partial charge in [0.1, 0.15) is 5.82 Å². The van der Waals surface area contributed by atoms with Gasteiger partial charge in [0.15, 0.2) is 5.03 Å². The van der Waals surface area contributed by atoms with Crippen molar-refractivity contribution in [2.24, 2.45) is 0 Å². The predicted molar refractivity (Wildman–Crippen MR) is 62.7 cm³/mol. The van der Waals surface area contributed by atoms with Gasteiger partial charge in [0, 0.05) is 27.8 Å². The van der Waals surface area contributed by atoms with Crippen LogP contribution in [0.2, 0.25) is 0 Å². The SMILES string of the molecule is C=C(Br)Cn1cc(S(=O)(=O)Cl)nc1CC. The molecule has 0 fully saturated rings. The number of rotatable bonds is 4. The first-order chi connectivity index (χ1) is 6.84. The lowest BCUT2D eigenvalue weighted by molar-refractivity contribution is 0.606. The second-order valence-electron chi connectivity index (χ2n) is 2.93. The highest BCUT2D eigenvalue weighted by Gasteiger charge is 2.16. The number of hydrogen-bond acceptors (Lipinski definition) is 3. The Bertz CT molecular complexity index is 481. The second kappa shape index (κ2) is 4.67. The molecule has 15 heavy (non-hydrogen) atoms. The molecule has 0 unspecified atom stereocenters. The highest BCUT2D eigenvalue weighted by molar-refractivity contribution is 9.11.